The van der Waals surface area contributed by atoms with Gasteiger partial charge in [0.25, 0.3) is 5.91 Å². The molecular formula is C34H31N5O7S2. The molecule has 0 radical (unpaired) electrons. The Bertz CT molecular complexity index is 1820. The molecule has 6 rings (SSSR count). The van der Waals surface area contributed by atoms with Crippen LogP contribution in [0.3, 0.4) is 0 Å². The molecule has 2 fully saturated rings. The Morgan fingerprint density at radius 1 is 1.02 bits per heavy atom. The molecule has 5 N–H and O–H groups in total. The van der Waals surface area contributed by atoms with Crippen LogP contribution in [0.25, 0.3) is 0 Å². The zero-order valence-electron chi connectivity index (χ0n) is 25.4. The first-order valence-corrected chi connectivity index (χ1v) is 17.1. The predicted molar refractivity (Wildman–Crippen MR) is 180 cm³/mol. The molecule has 2 aromatic carbocycles. The highest BCUT2D eigenvalue weighted by molar-refractivity contribution is 8.00. The van der Waals surface area contributed by atoms with Crippen molar-refractivity contribution in [3.8, 4) is 5.75 Å². The number of allylic oxidation sites excluding steroid dienone is 1. The van der Waals surface area contributed by atoms with Crippen molar-refractivity contribution < 1.29 is 34.2 Å². The lowest BCUT2D eigenvalue weighted by atomic mass is 9.80. The van der Waals surface area contributed by atoms with Crippen LogP contribution >= 0.6 is 23.5 Å². The molecule has 3 aliphatic heterocycles. The number of carboxylic acid groups (broad SMARTS) is 1. The Hall–Kier alpha value is -5.08. The van der Waals surface area contributed by atoms with Crippen LogP contribution < -0.4 is 16.0 Å². The molecule has 246 valence electrons. The summed E-state index contributed by atoms with van der Waals surface area (Å²) < 4.78 is 0. The first-order chi connectivity index (χ1) is 23.2. The van der Waals surface area contributed by atoms with Gasteiger partial charge in [-0.05, 0) is 71.7 Å². The summed E-state index contributed by atoms with van der Waals surface area (Å²) >= 11 is 2.62. The maximum Gasteiger partial charge on any atom is 0.352 e. The summed E-state index contributed by atoms with van der Waals surface area (Å²) in [5, 5.41) is 27.9. The van der Waals surface area contributed by atoms with Crippen LogP contribution in [0.15, 0.2) is 106 Å². The molecule has 2 saturated heterocycles. The van der Waals surface area contributed by atoms with Gasteiger partial charge in [0, 0.05) is 53.2 Å². The molecule has 1 unspecified atom stereocenters. The molecule has 3 atom stereocenters. The van der Waals surface area contributed by atoms with Gasteiger partial charge in [-0.15, -0.1) is 23.5 Å². The zero-order chi connectivity index (χ0) is 33.8. The first kappa shape index (κ1) is 32.8. The van der Waals surface area contributed by atoms with Gasteiger partial charge in [0.2, 0.25) is 17.7 Å². The Morgan fingerprint density at radius 3 is 2.42 bits per heavy atom. The van der Waals surface area contributed by atoms with Crippen molar-refractivity contribution in [3.05, 3.63) is 107 Å². The highest BCUT2D eigenvalue weighted by Gasteiger charge is 2.55. The number of hydrogen-bond acceptors (Lipinski definition) is 9. The number of benzene rings is 2. The van der Waals surface area contributed by atoms with Crippen molar-refractivity contribution in [2.24, 2.45) is 0 Å². The number of hydrogen-bond donors (Lipinski definition) is 5. The Labute approximate surface area is 284 Å². The van der Waals surface area contributed by atoms with E-state index in [0.29, 0.717) is 35.4 Å². The number of rotatable bonds is 11. The SMILES string of the molecule is O=C(CC(C(=C1CCNC1=O)C1=C(C(=O)O)N2C(=O)[C@@H](NC(=O)CSc3ccccc3)[C@H]2SC1)c1ccncc1)Nc1ccc(O)cc1. The van der Waals surface area contributed by atoms with E-state index < -0.39 is 35.1 Å². The minimum atomic E-state index is -1.36. The monoisotopic (exact) mass is 685 g/mol. The number of thioether (sulfide) groups is 2. The lowest BCUT2D eigenvalue weighted by molar-refractivity contribution is -0.150. The second kappa shape index (κ2) is 14.4. The Kier molecular flexibility index (Phi) is 9.82. The summed E-state index contributed by atoms with van der Waals surface area (Å²) in [6.07, 6.45) is 3.24. The number of anilines is 1. The fraction of sp³-hybridized carbons (Fsp3) is 0.235. The van der Waals surface area contributed by atoms with Crippen molar-refractivity contribution in [1.82, 2.24) is 20.5 Å². The van der Waals surface area contributed by atoms with E-state index in [9.17, 15) is 34.2 Å². The third kappa shape index (κ3) is 6.94. The molecule has 1 aromatic heterocycles. The van der Waals surface area contributed by atoms with Crippen molar-refractivity contribution in [2.45, 2.75) is 35.1 Å². The highest BCUT2D eigenvalue weighted by Crippen LogP contribution is 2.47. The number of nitrogens with zero attached hydrogens (tertiary/aromatic N) is 2. The van der Waals surface area contributed by atoms with Gasteiger partial charge >= 0.3 is 5.97 Å². The normalized spacial score (nSPS) is 20.3. The van der Waals surface area contributed by atoms with Crippen LogP contribution in [-0.4, -0.2) is 79.2 Å². The smallest absolute Gasteiger partial charge is 0.352 e. The average Bonchev–Trinajstić information content (AvgIpc) is 3.52. The standard InChI is InChI=1S/C34H31N5O7S2/c40-21-8-6-20(7-9-21)37-26(41)16-24(19-10-13-35-14-11-19)28(23-12-15-36-31(23)43)25-17-48-33-29(32(44)39(33)30(25)34(45)46)38-27(42)18-47-22-4-2-1-3-5-22/h1-11,13-14,24,29,33,40H,12,15-18H2,(H,36,43)(H,37,41)(H,38,42)(H,45,46)/t24?,29-,33-/m1/s1. The average molecular weight is 686 g/mol. The molecular weight excluding hydrogens is 655 g/mol. The second-order valence-electron chi connectivity index (χ2n) is 11.2. The minimum Gasteiger partial charge on any atom is -0.508 e. The van der Waals surface area contributed by atoms with Crippen molar-refractivity contribution in [2.75, 3.05) is 23.4 Å². The number of aromatic hydroxyl groups is 1. The largest absolute Gasteiger partial charge is 0.508 e. The molecule has 0 aliphatic carbocycles. The summed E-state index contributed by atoms with van der Waals surface area (Å²) in [5.41, 5.74) is 1.80. The second-order valence-corrected chi connectivity index (χ2v) is 13.4. The molecule has 0 saturated carbocycles. The van der Waals surface area contributed by atoms with Crippen molar-refractivity contribution in [3.63, 3.8) is 0 Å². The van der Waals surface area contributed by atoms with E-state index in [1.54, 1.807) is 36.7 Å². The number of aliphatic carboxylic acids is 1. The number of nitrogens with one attached hydrogen (secondary N) is 3. The number of carboxylic acids is 1. The van der Waals surface area contributed by atoms with Gasteiger partial charge in [-0.3, -0.25) is 29.1 Å². The highest BCUT2D eigenvalue weighted by atomic mass is 32.2. The van der Waals surface area contributed by atoms with Gasteiger partial charge in [0.1, 0.15) is 22.9 Å². The number of amides is 4. The van der Waals surface area contributed by atoms with E-state index in [0.717, 1.165) is 4.90 Å². The van der Waals surface area contributed by atoms with E-state index in [1.165, 1.54) is 40.6 Å². The third-order valence-corrected chi connectivity index (χ3v) is 10.5. The maximum absolute atomic E-state index is 13.5. The number of carbonyl (C=O) groups is 5. The van der Waals surface area contributed by atoms with Gasteiger partial charge < -0.3 is 26.2 Å². The fourth-order valence-corrected chi connectivity index (χ4v) is 8.11. The van der Waals surface area contributed by atoms with E-state index in [4.69, 9.17) is 0 Å². The van der Waals surface area contributed by atoms with Crippen LogP contribution in [0.5, 0.6) is 5.75 Å². The molecule has 12 nitrogen and oxygen atoms in total. The van der Waals surface area contributed by atoms with E-state index in [1.807, 2.05) is 30.3 Å². The molecule has 3 aromatic rings. The van der Waals surface area contributed by atoms with Crippen LogP contribution in [0.1, 0.15) is 24.3 Å². The topological polar surface area (TPSA) is 178 Å². The summed E-state index contributed by atoms with van der Waals surface area (Å²) in [5.74, 6) is -3.58. The summed E-state index contributed by atoms with van der Waals surface area (Å²) in [6, 6.07) is 17.8. The number of carbonyl (C=O) groups excluding carboxylic acids is 4. The van der Waals surface area contributed by atoms with Crippen molar-refractivity contribution >= 4 is 58.8 Å². The van der Waals surface area contributed by atoms with Gasteiger partial charge in [0.05, 0.1) is 5.75 Å². The summed E-state index contributed by atoms with van der Waals surface area (Å²) in [6.45, 7) is 0.337. The molecule has 3 aliphatic rings. The Morgan fingerprint density at radius 2 is 1.75 bits per heavy atom. The minimum absolute atomic E-state index is 0.0385. The maximum atomic E-state index is 13.5. The van der Waals surface area contributed by atoms with Crippen LogP contribution in [-0.2, 0) is 24.0 Å². The quantitative estimate of drug-likeness (QED) is 0.0871. The number of aromatic nitrogens is 1. The first-order valence-electron chi connectivity index (χ1n) is 15.1. The zero-order valence-corrected chi connectivity index (χ0v) is 27.1. The van der Waals surface area contributed by atoms with E-state index in [2.05, 4.69) is 20.9 Å². The molecule has 4 heterocycles. The van der Waals surface area contributed by atoms with Crippen LogP contribution in [0, 0.1) is 0 Å². The van der Waals surface area contributed by atoms with Crippen LogP contribution in [0.4, 0.5) is 5.69 Å². The van der Waals surface area contributed by atoms with Gasteiger partial charge in [-0.1, -0.05) is 18.2 Å². The number of pyridine rings is 1. The van der Waals surface area contributed by atoms with Crippen LogP contribution in [0.2, 0.25) is 0 Å². The number of phenolic OH excluding ortho intramolecular Hbond substituents is 1. The van der Waals surface area contributed by atoms with Gasteiger partial charge in [-0.2, -0.15) is 0 Å². The summed E-state index contributed by atoms with van der Waals surface area (Å²) in [7, 11) is 0. The van der Waals surface area contributed by atoms with Gasteiger partial charge in [-0.25, -0.2) is 4.79 Å². The molecule has 0 bridgehead atoms. The molecule has 48 heavy (non-hydrogen) atoms. The number of β-lactam (4-membered cyclic amide) rings is 1. The lowest BCUT2D eigenvalue weighted by Crippen LogP contribution is -2.70. The lowest BCUT2D eigenvalue weighted by Gasteiger charge is -2.50. The Balaban J connectivity index is 1.32. The molecule has 0 spiro atoms. The van der Waals surface area contributed by atoms with E-state index in [-0.39, 0.29) is 46.8 Å². The van der Waals surface area contributed by atoms with Gasteiger partial charge in [0.15, 0.2) is 0 Å². The number of phenols is 1. The summed E-state index contributed by atoms with van der Waals surface area (Å²) in [4.78, 5) is 72.2. The number of fused-ring (bicyclic) bond motifs is 1. The third-order valence-electron chi connectivity index (χ3n) is 8.18. The molecule has 4 amide bonds. The van der Waals surface area contributed by atoms with Crippen molar-refractivity contribution in [1.29, 1.82) is 0 Å². The fourth-order valence-electron chi connectivity index (χ4n) is 6.01. The van der Waals surface area contributed by atoms with E-state index >= 15 is 0 Å². The predicted octanol–water partition coefficient (Wildman–Crippen LogP) is 3.25. The molecule has 14 heteroatoms.